The molecule has 1 nitrogen and oxygen atoms in total. The molecule has 0 amide bonds. The van der Waals surface area contributed by atoms with Crippen molar-refractivity contribution in [3.63, 3.8) is 0 Å². The minimum absolute atomic E-state index is 0.172. The van der Waals surface area contributed by atoms with E-state index in [1.807, 2.05) is 24.3 Å². The second kappa shape index (κ2) is 7.47. The first-order valence-electron chi connectivity index (χ1n) is 6.54. The van der Waals surface area contributed by atoms with Gasteiger partial charge in [-0.05, 0) is 49.2 Å². The molecule has 2 rings (SSSR count). The average molecular weight is 452 g/mol. The van der Waals surface area contributed by atoms with Gasteiger partial charge in [-0.1, -0.05) is 67.2 Å². The Morgan fingerprint density at radius 2 is 1.62 bits per heavy atom. The van der Waals surface area contributed by atoms with Gasteiger partial charge in [0, 0.05) is 21.0 Å². The van der Waals surface area contributed by atoms with Crippen LogP contribution in [-0.2, 0) is 0 Å². The largest absolute Gasteiger partial charge is 0.304 e. The highest BCUT2D eigenvalue weighted by atomic mass is 79.9. The van der Waals surface area contributed by atoms with E-state index >= 15 is 0 Å². The molecule has 0 aliphatic carbocycles. The van der Waals surface area contributed by atoms with E-state index in [4.69, 9.17) is 23.2 Å². The second-order valence-corrected chi connectivity index (χ2v) is 7.53. The first-order valence-corrected chi connectivity index (χ1v) is 8.88. The Labute approximate surface area is 152 Å². The SMILES string of the molecule is CC(NC(C)c1ccc(Br)cc1Br)c1ccc(Cl)c(Cl)c1. The maximum absolute atomic E-state index is 6.08. The normalized spacial score (nSPS) is 14.0. The van der Waals surface area contributed by atoms with Gasteiger partial charge in [-0.2, -0.15) is 0 Å². The highest BCUT2D eigenvalue weighted by Crippen LogP contribution is 2.30. The van der Waals surface area contributed by atoms with Crippen molar-refractivity contribution in [1.82, 2.24) is 5.32 Å². The highest BCUT2D eigenvalue weighted by molar-refractivity contribution is 9.11. The minimum Gasteiger partial charge on any atom is -0.304 e. The second-order valence-electron chi connectivity index (χ2n) is 4.95. The van der Waals surface area contributed by atoms with Crippen molar-refractivity contribution >= 4 is 55.1 Å². The van der Waals surface area contributed by atoms with Crippen LogP contribution >= 0.6 is 55.1 Å². The first kappa shape index (κ1) is 17.3. The molecule has 5 heteroatoms. The van der Waals surface area contributed by atoms with Crippen molar-refractivity contribution in [2.75, 3.05) is 0 Å². The lowest BCUT2D eigenvalue weighted by Crippen LogP contribution is -2.22. The van der Waals surface area contributed by atoms with Crippen LogP contribution in [0.2, 0.25) is 10.0 Å². The molecule has 1 N–H and O–H groups in total. The summed E-state index contributed by atoms with van der Waals surface area (Å²) in [7, 11) is 0. The Hall–Kier alpha value is -0.0600. The fraction of sp³-hybridized carbons (Fsp3) is 0.250. The van der Waals surface area contributed by atoms with Crippen LogP contribution in [0.25, 0.3) is 0 Å². The molecule has 0 fully saturated rings. The van der Waals surface area contributed by atoms with Crippen LogP contribution in [0.4, 0.5) is 0 Å². The Morgan fingerprint density at radius 1 is 0.905 bits per heavy atom. The Balaban J connectivity index is 2.14. The third-order valence-electron chi connectivity index (χ3n) is 3.37. The average Bonchev–Trinajstić information content (AvgIpc) is 2.41. The Morgan fingerprint density at radius 3 is 2.24 bits per heavy atom. The predicted octanol–water partition coefficient (Wildman–Crippen LogP) is 6.93. The van der Waals surface area contributed by atoms with E-state index in [1.54, 1.807) is 0 Å². The van der Waals surface area contributed by atoms with Gasteiger partial charge in [0.1, 0.15) is 0 Å². The van der Waals surface area contributed by atoms with Gasteiger partial charge in [0.05, 0.1) is 10.0 Å². The van der Waals surface area contributed by atoms with Crippen molar-refractivity contribution in [2.45, 2.75) is 25.9 Å². The summed E-state index contributed by atoms with van der Waals surface area (Å²) in [6.07, 6.45) is 0. The minimum atomic E-state index is 0.172. The summed E-state index contributed by atoms with van der Waals surface area (Å²) < 4.78 is 2.14. The van der Waals surface area contributed by atoms with E-state index in [0.717, 1.165) is 14.5 Å². The predicted molar refractivity (Wildman–Crippen MR) is 98.3 cm³/mol. The summed E-state index contributed by atoms with van der Waals surface area (Å²) in [5.41, 5.74) is 2.33. The molecule has 2 aromatic carbocycles. The fourth-order valence-corrected chi connectivity index (χ4v) is 3.89. The summed E-state index contributed by atoms with van der Waals surface area (Å²) >= 11 is 19.1. The lowest BCUT2D eigenvalue weighted by molar-refractivity contribution is 0.493. The van der Waals surface area contributed by atoms with Crippen LogP contribution in [0, 0.1) is 0 Å². The zero-order chi connectivity index (χ0) is 15.6. The summed E-state index contributed by atoms with van der Waals surface area (Å²) in [5, 5.41) is 4.74. The van der Waals surface area contributed by atoms with E-state index in [9.17, 15) is 0 Å². The van der Waals surface area contributed by atoms with Crippen LogP contribution in [0.5, 0.6) is 0 Å². The zero-order valence-corrected chi connectivity index (χ0v) is 16.3. The van der Waals surface area contributed by atoms with Crippen molar-refractivity contribution < 1.29 is 0 Å². The standard InChI is InChI=1S/C16H15Br2Cl2N/c1-9(11-3-6-15(19)16(20)7-11)21-10(2)13-5-4-12(17)8-14(13)18/h3-10,21H,1-2H3. The molecule has 0 bridgehead atoms. The molecule has 0 saturated heterocycles. The molecule has 2 aromatic rings. The van der Waals surface area contributed by atoms with E-state index in [-0.39, 0.29) is 12.1 Å². The molecule has 0 aliphatic heterocycles. The summed E-state index contributed by atoms with van der Waals surface area (Å²) in [5.74, 6) is 0. The van der Waals surface area contributed by atoms with Gasteiger partial charge < -0.3 is 5.32 Å². The summed E-state index contributed by atoms with van der Waals surface area (Å²) in [4.78, 5) is 0. The van der Waals surface area contributed by atoms with E-state index in [2.05, 4.69) is 63.2 Å². The first-order chi connectivity index (χ1) is 9.88. The molecule has 112 valence electrons. The topological polar surface area (TPSA) is 12.0 Å². The van der Waals surface area contributed by atoms with Crippen LogP contribution < -0.4 is 5.32 Å². The van der Waals surface area contributed by atoms with Crippen LogP contribution in [0.3, 0.4) is 0 Å². The molecule has 2 unspecified atom stereocenters. The van der Waals surface area contributed by atoms with Crippen molar-refractivity contribution in [2.24, 2.45) is 0 Å². The smallest absolute Gasteiger partial charge is 0.0595 e. The molecule has 0 heterocycles. The molecule has 0 saturated carbocycles. The van der Waals surface area contributed by atoms with E-state index in [0.29, 0.717) is 10.0 Å². The van der Waals surface area contributed by atoms with Gasteiger partial charge in [-0.25, -0.2) is 0 Å². The molecule has 2 atom stereocenters. The lowest BCUT2D eigenvalue weighted by Gasteiger charge is -2.22. The van der Waals surface area contributed by atoms with Crippen molar-refractivity contribution in [3.05, 3.63) is 66.5 Å². The van der Waals surface area contributed by atoms with Gasteiger partial charge in [0.2, 0.25) is 0 Å². The Kier molecular flexibility index (Phi) is 6.15. The maximum atomic E-state index is 6.08. The van der Waals surface area contributed by atoms with Gasteiger partial charge in [-0.15, -0.1) is 0 Å². The number of benzene rings is 2. The molecular weight excluding hydrogens is 437 g/mol. The summed E-state index contributed by atoms with van der Waals surface area (Å²) in [6.45, 7) is 4.25. The van der Waals surface area contributed by atoms with Gasteiger partial charge in [0.15, 0.2) is 0 Å². The number of halogens is 4. The van der Waals surface area contributed by atoms with Crippen LogP contribution in [0.1, 0.15) is 37.1 Å². The number of rotatable bonds is 4. The maximum Gasteiger partial charge on any atom is 0.0595 e. The molecule has 0 aromatic heterocycles. The fourth-order valence-electron chi connectivity index (χ4n) is 2.20. The molecule has 0 aliphatic rings. The monoisotopic (exact) mass is 449 g/mol. The summed E-state index contributed by atoms with van der Waals surface area (Å²) in [6, 6.07) is 12.3. The zero-order valence-electron chi connectivity index (χ0n) is 11.6. The van der Waals surface area contributed by atoms with Crippen LogP contribution in [-0.4, -0.2) is 0 Å². The quantitative estimate of drug-likeness (QED) is 0.531. The number of nitrogens with one attached hydrogen (secondary N) is 1. The van der Waals surface area contributed by atoms with E-state index < -0.39 is 0 Å². The van der Waals surface area contributed by atoms with Gasteiger partial charge >= 0.3 is 0 Å². The third-order valence-corrected chi connectivity index (χ3v) is 5.29. The van der Waals surface area contributed by atoms with Gasteiger partial charge in [-0.3, -0.25) is 0 Å². The highest BCUT2D eigenvalue weighted by Gasteiger charge is 2.14. The third kappa shape index (κ3) is 4.46. The van der Waals surface area contributed by atoms with Crippen LogP contribution in [0.15, 0.2) is 45.3 Å². The molecule has 0 radical (unpaired) electrons. The molecular formula is C16H15Br2Cl2N. The van der Waals surface area contributed by atoms with Crippen molar-refractivity contribution in [3.8, 4) is 0 Å². The van der Waals surface area contributed by atoms with Gasteiger partial charge in [0.25, 0.3) is 0 Å². The van der Waals surface area contributed by atoms with Crippen molar-refractivity contribution in [1.29, 1.82) is 0 Å². The Bertz CT molecular complexity index is 646. The number of hydrogen-bond donors (Lipinski definition) is 1. The number of hydrogen-bond acceptors (Lipinski definition) is 1. The molecule has 21 heavy (non-hydrogen) atoms. The van der Waals surface area contributed by atoms with E-state index in [1.165, 1.54) is 5.56 Å². The molecule has 0 spiro atoms. The lowest BCUT2D eigenvalue weighted by atomic mass is 10.0.